The van der Waals surface area contributed by atoms with E-state index in [2.05, 4.69) is 26.4 Å². The molecular weight excluding hydrogens is 307 g/mol. The molecule has 0 saturated heterocycles. The Balaban J connectivity index is 2.20. The second-order valence-corrected chi connectivity index (χ2v) is 4.93. The van der Waals surface area contributed by atoms with Gasteiger partial charge in [-0.2, -0.15) is 0 Å². The summed E-state index contributed by atoms with van der Waals surface area (Å²) in [5.74, 6) is -0.106. The first-order valence-electron chi connectivity index (χ1n) is 5.32. The van der Waals surface area contributed by atoms with Crippen molar-refractivity contribution in [1.29, 1.82) is 0 Å². The van der Waals surface area contributed by atoms with Crippen molar-refractivity contribution in [2.75, 3.05) is 20.6 Å². The standard InChI is InChI=1S/C10H19IN2O2/c1-13(2)7-10(14)15-9-5-3-8(12-11)4-6-9/h8-9,12H,3-7H2,1-2H3/t8-,9-. The van der Waals surface area contributed by atoms with Crippen molar-refractivity contribution in [3.05, 3.63) is 0 Å². The fourth-order valence-electron chi connectivity index (χ4n) is 1.77. The van der Waals surface area contributed by atoms with Gasteiger partial charge in [0, 0.05) is 28.9 Å². The van der Waals surface area contributed by atoms with E-state index in [1.807, 2.05) is 19.0 Å². The highest BCUT2D eigenvalue weighted by atomic mass is 127. The second kappa shape index (κ2) is 6.65. The highest BCUT2D eigenvalue weighted by Crippen LogP contribution is 2.21. The van der Waals surface area contributed by atoms with E-state index >= 15 is 0 Å². The summed E-state index contributed by atoms with van der Waals surface area (Å²) in [6.07, 6.45) is 4.31. The van der Waals surface area contributed by atoms with Gasteiger partial charge >= 0.3 is 5.97 Å². The largest absolute Gasteiger partial charge is 0.461 e. The monoisotopic (exact) mass is 326 g/mol. The third-order valence-corrected chi connectivity index (χ3v) is 3.45. The maximum absolute atomic E-state index is 11.4. The normalized spacial score (nSPS) is 26.7. The molecule has 0 aromatic rings. The molecule has 0 bridgehead atoms. The van der Waals surface area contributed by atoms with Crippen LogP contribution in [0, 0.1) is 0 Å². The molecule has 15 heavy (non-hydrogen) atoms. The molecule has 0 aromatic carbocycles. The number of nitrogens with one attached hydrogen (secondary N) is 1. The average Bonchev–Trinajstić information content (AvgIpc) is 2.17. The van der Waals surface area contributed by atoms with E-state index in [0.29, 0.717) is 12.6 Å². The summed E-state index contributed by atoms with van der Waals surface area (Å²) in [5, 5.41) is 0. The molecule has 0 heterocycles. The smallest absolute Gasteiger partial charge is 0.320 e. The first kappa shape index (κ1) is 13.2. The van der Waals surface area contributed by atoms with Crippen LogP contribution in [0.15, 0.2) is 0 Å². The minimum Gasteiger partial charge on any atom is -0.461 e. The van der Waals surface area contributed by atoms with Crippen molar-refractivity contribution in [2.45, 2.75) is 37.8 Å². The lowest BCUT2D eigenvalue weighted by Gasteiger charge is -2.27. The predicted octanol–water partition coefficient (Wildman–Crippen LogP) is 1.34. The van der Waals surface area contributed by atoms with Gasteiger partial charge in [-0.1, -0.05) is 0 Å². The Bertz CT molecular complexity index is 204. The van der Waals surface area contributed by atoms with Crippen LogP contribution in [-0.2, 0) is 9.53 Å². The maximum Gasteiger partial charge on any atom is 0.320 e. The number of hydrogen-bond acceptors (Lipinski definition) is 4. The van der Waals surface area contributed by atoms with Gasteiger partial charge < -0.3 is 4.74 Å². The summed E-state index contributed by atoms with van der Waals surface area (Å²) in [6.45, 7) is 0.379. The van der Waals surface area contributed by atoms with Gasteiger partial charge in [-0.05, 0) is 39.8 Å². The fourth-order valence-corrected chi connectivity index (χ4v) is 2.39. The Hall–Kier alpha value is 0.120. The lowest BCUT2D eigenvalue weighted by molar-refractivity contribution is -0.151. The molecule has 0 spiro atoms. The molecule has 88 valence electrons. The topological polar surface area (TPSA) is 41.6 Å². The summed E-state index contributed by atoms with van der Waals surface area (Å²) < 4.78 is 8.62. The summed E-state index contributed by atoms with van der Waals surface area (Å²) in [4.78, 5) is 13.2. The summed E-state index contributed by atoms with van der Waals surface area (Å²) in [5.41, 5.74) is 0. The Labute approximate surface area is 105 Å². The van der Waals surface area contributed by atoms with Crippen LogP contribution in [0.3, 0.4) is 0 Å². The van der Waals surface area contributed by atoms with E-state index in [4.69, 9.17) is 4.74 Å². The van der Waals surface area contributed by atoms with Crippen LogP contribution < -0.4 is 3.53 Å². The van der Waals surface area contributed by atoms with Crippen LogP contribution in [0.5, 0.6) is 0 Å². The predicted molar refractivity (Wildman–Crippen MR) is 67.8 cm³/mol. The molecule has 0 unspecified atom stereocenters. The van der Waals surface area contributed by atoms with Gasteiger partial charge in [0.2, 0.25) is 0 Å². The van der Waals surface area contributed by atoms with Crippen LogP contribution in [0.2, 0.25) is 0 Å². The number of esters is 1. The highest BCUT2D eigenvalue weighted by molar-refractivity contribution is 14.1. The Morgan fingerprint density at radius 1 is 1.40 bits per heavy atom. The third-order valence-electron chi connectivity index (χ3n) is 2.57. The van der Waals surface area contributed by atoms with Crippen molar-refractivity contribution >= 4 is 28.8 Å². The van der Waals surface area contributed by atoms with Crippen molar-refractivity contribution in [3.8, 4) is 0 Å². The lowest BCUT2D eigenvalue weighted by atomic mass is 9.94. The molecule has 0 aromatic heterocycles. The molecule has 1 aliphatic carbocycles. The van der Waals surface area contributed by atoms with E-state index in [-0.39, 0.29) is 12.1 Å². The molecule has 0 amide bonds. The molecule has 0 aliphatic heterocycles. The van der Waals surface area contributed by atoms with Crippen LogP contribution in [0.1, 0.15) is 25.7 Å². The van der Waals surface area contributed by atoms with Crippen LogP contribution in [0.4, 0.5) is 0 Å². The number of carbonyl (C=O) groups is 1. The number of nitrogens with zero attached hydrogens (tertiary/aromatic N) is 1. The molecular formula is C10H19IN2O2. The third kappa shape index (κ3) is 5.12. The van der Waals surface area contributed by atoms with E-state index < -0.39 is 0 Å². The van der Waals surface area contributed by atoms with Crippen molar-refractivity contribution in [3.63, 3.8) is 0 Å². The quantitative estimate of drug-likeness (QED) is 0.481. The van der Waals surface area contributed by atoms with Crippen molar-refractivity contribution in [2.24, 2.45) is 0 Å². The first-order valence-corrected chi connectivity index (χ1v) is 6.40. The summed E-state index contributed by atoms with van der Waals surface area (Å²) >= 11 is 2.19. The number of carbonyl (C=O) groups excluding carboxylic acids is 1. The number of likely N-dealkylation sites (N-methyl/N-ethyl adjacent to an activating group) is 1. The molecule has 1 saturated carbocycles. The lowest BCUT2D eigenvalue weighted by Crippen LogP contribution is -2.33. The van der Waals surface area contributed by atoms with Gasteiger partial charge in [0.25, 0.3) is 0 Å². The number of hydrogen-bond donors (Lipinski definition) is 1. The minimum absolute atomic E-state index is 0.106. The minimum atomic E-state index is -0.106. The van der Waals surface area contributed by atoms with Gasteiger partial charge in [-0.25, -0.2) is 0 Å². The number of halogens is 1. The Morgan fingerprint density at radius 3 is 2.47 bits per heavy atom. The molecule has 1 rings (SSSR count). The van der Waals surface area contributed by atoms with Gasteiger partial charge in [0.15, 0.2) is 0 Å². The molecule has 5 heteroatoms. The highest BCUT2D eigenvalue weighted by Gasteiger charge is 2.23. The van der Waals surface area contributed by atoms with E-state index in [1.165, 1.54) is 0 Å². The molecule has 1 aliphatic rings. The van der Waals surface area contributed by atoms with E-state index in [0.717, 1.165) is 25.7 Å². The van der Waals surface area contributed by atoms with Gasteiger partial charge in [0.1, 0.15) is 6.10 Å². The maximum atomic E-state index is 11.4. The molecule has 0 radical (unpaired) electrons. The van der Waals surface area contributed by atoms with E-state index in [1.54, 1.807) is 0 Å². The average molecular weight is 326 g/mol. The van der Waals surface area contributed by atoms with E-state index in [9.17, 15) is 4.79 Å². The Kier molecular flexibility index (Phi) is 5.84. The van der Waals surface area contributed by atoms with Crippen molar-refractivity contribution in [1.82, 2.24) is 8.43 Å². The summed E-state index contributed by atoms with van der Waals surface area (Å²) in [6, 6.07) is 0.592. The fraction of sp³-hybridized carbons (Fsp3) is 0.900. The van der Waals surface area contributed by atoms with Gasteiger partial charge in [-0.3, -0.25) is 13.2 Å². The second-order valence-electron chi connectivity index (χ2n) is 4.31. The molecule has 4 nitrogen and oxygen atoms in total. The van der Waals surface area contributed by atoms with Gasteiger partial charge in [-0.15, -0.1) is 0 Å². The zero-order valence-electron chi connectivity index (χ0n) is 9.33. The number of rotatable bonds is 4. The van der Waals surface area contributed by atoms with Crippen LogP contribution in [0.25, 0.3) is 0 Å². The van der Waals surface area contributed by atoms with Crippen LogP contribution in [-0.4, -0.2) is 43.7 Å². The summed E-state index contributed by atoms with van der Waals surface area (Å²) in [7, 11) is 3.75. The zero-order chi connectivity index (χ0) is 11.3. The SMILES string of the molecule is CN(C)CC(=O)O[C@H]1CC[C@H](NI)CC1. The van der Waals surface area contributed by atoms with Gasteiger partial charge in [0.05, 0.1) is 6.54 Å². The van der Waals surface area contributed by atoms with Crippen molar-refractivity contribution < 1.29 is 9.53 Å². The Morgan fingerprint density at radius 2 is 2.00 bits per heavy atom. The molecule has 1 N–H and O–H groups in total. The zero-order valence-corrected chi connectivity index (χ0v) is 11.5. The van der Waals surface area contributed by atoms with Crippen LogP contribution >= 0.6 is 22.9 Å². The number of ether oxygens (including phenoxy) is 1. The molecule has 0 atom stereocenters. The first-order chi connectivity index (χ1) is 7.11. The molecule has 1 fully saturated rings.